The lowest BCUT2D eigenvalue weighted by atomic mass is 9.96. The summed E-state index contributed by atoms with van der Waals surface area (Å²) in [5.74, 6) is 3.78. The first-order valence-electron chi connectivity index (χ1n) is 11.6. The fourth-order valence-corrected chi connectivity index (χ4v) is 3.65. The summed E-state index contributed by atoms with van der Waals surface area (Å²) in [6.45, 7) is 8.87. The largest absolute Gasteiger partial charge is 0.494 e. The van der Waals surface area contributed by atoms with Gasteiger partial charge >= 0.3 is 0 Å². The molecule has 1 saturated heterocycles. The molecule has 0 saturated carbocycles. The van der Waals surface area contributed by atoms with Crippen molar-refractivity contribution < 1.29 is 14.2 Å². The highest BCUT2D eigenvalue weighted by atomic mass is 127. The van der Waals surface area contributed by atoms with Gasteiger partial charge in [-0.25, -0.2) is 9.98 Å². The molecule has 2 heterocycles. The van der Waals surface area contributed by atoms with Crippen LogP contribution in [0.2, 0.25) is 0 Å². The van der Waals surface area contributed by atoms with Gasteiger partial charge in [-0.2, -0.15) is 0 Å². The van der Waals surface area contributed by atoms with Crippen molar-refractivity contribution in [1.82, 2.24) is 15.2 Å². The third-order valence-electron chi connectivity index (χ3n) is 5.48. The van der Waals surface area contributed by atoms with E-state index in [4.69, 9.17) is 19.2 Å². The molecule has 0 atom stereocenters. The first-order valence-corrected chi connectivity index (χ1v) is 11.6. The van der Waals surface area contributed by atoms with E-state index >= 15 is 0 Å². The quantitative estimate of drug-likeness (QED) is 0.244. The van der Waals surface area contributed by atoms with E-state index in [0.29, 0.717) is 19.0 Å². The Morgan fingerprint density at radius 2 is 1.88 bits per heavy atom. The molecule has 33 heavy (non-hydrogen) atoms. The summed E-state index contributed by atoms with van der Waals surface area (Å²) in [7, 11) is 2.10. The summed E-state index contributed by atoms with van der Waals surface area (Å²) in [6.07, 6.45) is 5.25. The Hall–Kier alpha value is -2.07. The number of nitrogens with zero attached hydrogens (tertiary/aromatic N) is 3. The summed E-state index contributed by atoms with van der Waals surface area (Å²) in [5, 5.41) is 3.40. The van der Waals surface area contributed by atoms with Crippen LogP contribution in [0.3, 0.4) is 0 Å². The molecule has 3 rings (SSSR count). The van der Waals surface area contributed by atoms with Crippen molar-refractivity contribution in [3.63, 3.8) is 0 Å². The van der Waals surface area contributed by atoms with Crippen molar-refractivity contribution in [2.45, 2.75) is 39.7 Å². The molecule has 1 fully saturated rings. The maximum absolute atomic E-state index is 5.91. The Kier molecular flexibility index (Phi) is 12.3. The summed E-state index contributed by atoms with van der Waals surface area (Å²) < 4.78 is 16.9. The minimum Gasteiger partial charge on any atom is -0.494 e. The number of hydrogen-bond donors (Lipinski definition) is 1. The van der Waals surface area contributed by atoms with E-state index in [0.717, 1.165) is 68.1 Å². The van der Waals surface area contributed by atoms with Gasteiger partial charge in [0.15, 0.2) is 5.96 Å². The van der Waals surface area contributed by atoms with Gasteiger partial charge in [0.2, 0.25) is 5.88 Å². The third kappa shape index (κ3) is 9.37. The molecule has 7 nitrogen and oxygen atoms in total. The number of ether oxygens (including phenoxy) is 3. The van der Waals surface area contributed by atoms with Gasteiger partial charge in [0.25, 0.3) is 0 Å². The normalized spacial score (nSPS) is 14.3. The lowest BCUT2D eigenvalue weighted by Gasteiger charge is -2.26. The van der Waals surface area contributed by atoms with Crippen LogP contribution in [-0.4, -0.2) is 55.8 Å². The molecule has 1 N–H and O–H groups in total. The molecular weight excluding hydrogens is 531 g/mol. The number of hydrogen-bond acceptors (Lipinski definition) is 5. The van der Waals surface area contributed by atoms with Gasteiger partial charge < -0.3 is 24.4 Å². The predicted molar refractivity (Wildman–Crippen MR) is 143 cm³/mol. The van der Waals surface area contributed by atoms with Crippen LogP contribution in [0.25, 0.3) is 0 Å². The second kappa shape index (κ2) is 15.0. The highest BCUT2D eigenvalue weighted by Crippen LogP contribution is 2.23. The van der Waals surface area contributed by atoms with Crippen LogP contribution in [0.5, 0.6) is 17.4 Å². The second-order valence-electron chi connectivity index (χ2n) is 7.94. The molecule has 0 unspecified atom stereocenters. The maximum atomic E-state index is 5.91. The van der Waals surface area contributed by atoms with Crippen LogP contribution in [-0.2, 0) is 11.3 Å². The Morgan fingerprint density at radius 3 is 2.58 bits per heavy atom. The fraction of sp³-hybridized carbons (Fsp3) is 0.520. The molecule has 182 valence electrons. The molecule has 1 aromatic carbocycles. The van der Waals surface area contributed by atoms with Crippen LogP contribution in [0, 0.1) is 5.92 Å². The molecule has 0 bridgehead atoms. The summed E-state index contributed by atoms with van der Waals surface area (Å²) >= 11 is 0. The molecule has 1 aromatic heterocycles. The molecule has 0 spiro atoms. The number of pyridine rings is 1. The van der Waals surface area contributed by atoms with Crippen LogP contribution in [0.15, 0.2) is 47.6 Å². The maximum Gasteiger partial charge on any atom is 0.219 e. The number of aliphatic imine (C=N–C) groups is 1. The smallest absolute Gasteiger partial charge is 0.219 e. The molecule has 0 amide bonds. The SMILES string of the molecule is CCNC(=NCc1ccnc(Oc2ccc(OCC)cc2)c1)N(C)CCC1CCOCC1.I. The van der Waals surface area contributed by atoms with Gasteiger partial charge in [-0.15, -0.1) is 24.0 Å². The van der Waals surface area contributed by atoms with Gasteiger partial charge in [-0.3, -0.25) is 0 Å². The molecule has 0 aliphatic carbocycles. The van der Waals surface area contributed by atoms with E-state index in [2.05, 4.69) is 29.2 Å². The first-order chi connectivity index (χ1) is 15.7. The van der Waals surface area contributed by atoms with Crippen LogP contribution >= 0.6 is 24.0 Å². The topological polar surface area (TPSA) is 68.2 Å². The van der Waals surface area contributed by atoms with Crippen LogP contribution in [0.4, 0.5) is 0 Å². The minimum absolute atomic E-state index is 0. The monoisotopic (exact) mass is 568 g/mol. The van der Waals surface area contributed by atoms with Gasteiger partial charge in [0.1, 0.15) is 11.5 Å². The standard InChI is InChI=1S/C25H36N4O3.HI/c1-4-26-25(29(3)15-11-20-12-16-30-17-13-20)28-19-21-10-14-27-24(18-21)32-23-8-6-22(7-9-23)31-5-2;/h6-10,14,18,20H,4-5,11-13,15-17,19H2,1-3H3,(H,26,28);1H. The number of benzene rings is 1. The molecule has 0 radical (unpaired) electrons. The number of guanidine groups is 1. The van der Waals surface area contributed by atoms with Crippen molar-refractivity contribution in [1.29, 1.82) is 0 Å². The van der Waals surface area contributed by atoms with E-state index in [-0.39, 0.29) is 24.0 Å². The van der Waals surface area contributed by atoms with E-state index in [1.165, 1.54) is 6.42 Å². The predicted octanol–water partition coefficient (Wildman–Crippen LogP) is 5.10. The van der Waals surface area contributed by atoms with Crippen molar-refractivity contribution in [3.8, 4) is 17.4 Å². The van der Waals surface area contributed by atoms with E-state index in [1.807, 2.05) is 43.3 Å². The summed E-state index contributed by atoms with van der Waals surface area (Å²) in [4.78, 5) is 11.4. The zero-order chi connectivity index (χ0) is 22.6. The van der Waals surface area contributed by atoms with Gasteiger partial charge in [0, 0.05) is 45.6 Å². The number of rotatable bonds is 10. The lowest BCUT2D eigenvalue weighted by Crippen LogP contribution is -2.40. The lowest BCUT2D eigenvalue weighted by molar-refractivity contribution is 0.0625. The van der Waals surface area contributed by atoms with E-state index in [1.54, 1.807) is 6.20 Å². The number of nitrogens with one attached hydrogen (secondary N) is 1. The van der Waals surface area contributed by atoms with Gasteiger partial charge in [0.05, 0.1) is 13.2 Å². The van der Waals surface area contributed by atoms with Crippen molar-refractivity contribution in [2.75, 3.05) is 40.0 Å². The third-order valence-corrected chi connectivity index (χ3v) is 5.48. The Labute approximate surface area is 215 Å². The Morgan fingerprint density at radius 1 is 1.15 bits per heavy atom. The van der Waals surface area contributed by atoms with Gasteiger partial charge in [-0.05, 0) is 74.9 Å². The number of aromatic nitrogens is 1. The van der Waals surface area contributed by atoms with E-state index < -0.39 is 0 Å². The highest BCUT2D eigenvalue weighted by molar-refractivity contribution is 14.0. The summed E-state index contributed by atoms with van der Waals surface area (Å²) in [6, 6.07) is 11.5. The summed E-state index contributed by atoms with van der Waals surface area (Å²) in [5.41, 5.74) is 1.05. The zero-order valence-electron chi connectivity index (χ0n) is 20.0. The molecule has 1 aliphatic rings. The average molecular weight is 569 g/mol. The van der Waals surface area contributed by atoms with Crippen molar-refractivity contribution in [3.05, 3.63) is 48.2 Å². The number of halogens is 1. The average Bonchev–Trinajstić information content (AvgIpc) is 2.82. The first kappa shape index (κ1) is 27.2. The minimum atomic E-state index is 0. The van der Waals surface area contributed by atoms with Crippen LogP contribution in [0.1, 0.15) is 38.7 Å². The second-order valence-corrected chi connectivity index (χ2v) is 7.94. The zero-order valence-corrected chi connectivity index (χ0v) is 22.3. The molecule has 8 heteroatoms. The highest BCUT2D eigenvalue weighted by Gasteiger charge is 2.15. The molecular formula is C25H37IN4O3. The molecule has 1 aliphatic heterocycles. The fourth-order valence-electron chi connectivity index (χ4n) is 3.65. The Balaban J connectivity index is 0.00000385. The van der Waals surface area contributed by atoms with Crippen molar-refractivity contribution in [2.24, 2.45) is 10.9 Å². The van der Waals surface area contributed by atoms with Crippen molar-refractivity contribution >= 4 is 29.9 Å². The van der Waals surface area contributed by atoms with E-state index in [9.17, 15) is 0 Å². The molecule has 2 aromatic rings. The van der Waals surface area contributed by atoms with Gasteiger partial charge in [-0.1, -0.05) is 0 Å². The Bertz CT molecular complexity index is 842. The van der Waals surface area contributed by atoms with Crippen LogP contribution < -0.4 is 14.8 Å².